The highest BCUT2D eigenvalue weighted by Crippen LogP contribution is 2.35. The van der Waals surface area contributed by atoms with Gasteiger partial charge in [-0.1, -0.05) is 11.6 Å². The SMILES string of the molecule is Cc1cncc(N2CCC(c3nnc4n3-c3ccc(Cl)cc3CN(C(C)(C)C#N)C4)CC2)n1. The van der Waals surface area contributed by atoms with E-state index in [4.69, 9.17) is 11.6 Å². The van der Waals surface area contributed by atoms with Crippen LogP contribution in [-0.2, 0) is 13.1 Å². The summed E-state index contributed by atoms with van der Waals surface area (Å²) in [5, 5.41) is 19.7. The zero-order chi connectivity index (χ0) is 23.2. The van der Waals surface area contributed by atoms with Crippen molar-refractivity contribution in [3.05, 3.63) is 58.5 Å². The third kappa shape index (κ3) is 4.07. The molecule has 170 valence electrons. The minimum absolute atomic E-state index is 0.291. The second-order valence-corrected chi connectivity index (χ2v) is 9.83. The lowest BCUT2D eigenvalue weighted by molar-refractivity contribution is 0.147. The van der Waals surface area contributed by atoms with Gasteiger partial charge in [-0.05, 0) is 57.4 Å². The van der Waals surface area contributed by atoms with Crippen molar-refractivity contribution in [2.24, 2.45) is 0 Å². The number of fused-ring (bicyclic) bond motifs is 3. The Morgan fingerprint density at radius 1 is 1.12 bits per heavy atom. The fraction of sp³-hybridized carbons (Fsp3) is 0.458. The minimum Gasteiger partial charge on any atom is -0.355 e. The van der Waals surface area contributed by atoms with Crippen LogP contribution in [0.2, 0.25) is 5.02 Å². The Morgan fingerprint density at radius 2 is 1.91 bits per heavy atom. The quantitative estimate of drug-likeness (QED) is 0.580. The molecule has 0 atom stereocenters. The Hall–Kier alpha value is -3.02. The molecule has 1 saturated heterocycles. The van der Waals surface area contributed by atoms with Crippen LogP contribution >= 0.6 is 11.6 Å². The molecule has 3 aromatic rings. The van der Waals surface area contributed by atoms with Crippen molar-refractivity contribution in [2.45, 2.75) is 58.2 Å². The second kappa shape index (κ2) is 8.40. The second-order valence-electron chi connectivity index (χ2n) is 9.39. The highest BCUT2D eigenvalue weighted by Gasteiger charge is 2.34. The first-order valence-electron chi connectivity index (χ1n) is 11.3. The molecule has 0 radical (unpaired) electrons. The number of hydrogen-bond acceptors (Lipinski definition) is 7. The van der Waals surface area contributed by atoms with E-state index in [1.165, 1.54) is 0 Å². The van der Waals surface area contributed by atoms with Gasteiger partial charge >= 0.3 is 0 Å². The largest absolute Gasteiger partial charge is 0.355 e. The van der Waals surface area contributed by atoms with Gasteiger partial charge in [-0.2, -0.15) is 5.26 Å². The van der Waals surface area contributed by atoms with Gasteiger partial charge in [0.15, 0.2) is 5.82 Å². The molecule has 9 heteroatoms. The van der Waals surface area contributed by atoms with Gasteiger partial charge in [-0.15, -0.1) is 10.2 Å². The molecule has 1 fully saturated rings. The summed E-state index contributed by atoms with van der Waals surface area (Å²) in [6, 6.07) is 8.39. The Bertz CT molecular complexity index is 1220. The highest BCUT2D eigenvalue weighted by molar-refractivity contribution is 6.30. The van der Waals surface area contributed by atoms with Crippen LogP contribution in [0.25, 0.3) is 5.69 Å². The number of anilines is 1. The number of nitriles is 1. The normalized spacial score (nSPS) is 17.2. The molecule has 8 nitrogen and oxygen atoms in total. The molecular weight excluding hydrogens is 436 g/mol. The van der Waals surface area contributed by atoms with Gasteiger partial charge in [0.2, 0.25) is 0 Å². The van der Waals surface area contributed by atoms with Gasteiger partial charge in [0, 0.05) is 36.8 Å². The van der Waals surface area contributed by atoms with E-state index < -0.39 is 5.54 Å². The number of benzene rings is 1. The molecule has 4 heterocycles. The molecule has 2 aromatic heterocycles. The van der Waals surface area contributed by atoms with Crippen LogP contribution in [0, 0.1) is 18.3 Å². The van der Waals surface area contributed by atoms with Crippen molar-refractivity contribution in [3.63, 3.8) is 0 Å². The maximum absolute atomic E-state index is 9.76. The Kier molecular flexibility index (Phi) is 5.55. The summed E-state index contributed by atoms with van der Waals surface area (Å²) in [5.74, 6) is 3.07. The molecule has 0 amide bonds. The van der Waals surface area contributed by atoms with E-state index in [0.29, 0.717) is 24.0 Å². The lowest BCUT2D eigenvalue weighted by Crippen LogP contribution is -2.41. The van der Waals surface area contributed by atoms with Gasteiger partial charge in [0.25, 0.3) is 0 Å². The van der Waals surface area contributed by atoms with E-state index in [1.807, 2.05) is 45.2 Å². The lowest BCUT2D eigenvalue weighted by Gasteiger charge is -2.32. The first-order chi connectivity index (χ1) is 15.9. The maximum atomic E-state index is 9.76. The van der Waals surface area contributed by atoms with Gasteiger partial charge in [0.1, 0.15) is 17.2 Å². The Balaban J connectivity index is 1.47. The van der Waals surface area contributed by atoms with Crippen LogP contribution in [0.4, 0.5) is 5.82 Å². The zero-order valence-electron chi connectivity index (χ0n) is 19.2. The maximum Gasteiger partial charge on any atom is 0.151 e. The molecule has 2 aliphatic rings. The third-order valence-corrected chi connectivity index (χ3v) is 6.96. The van der Waals surface area contributed by atoms with Crippen molar-refractivity contribution in [2.75, 3.05) is 18.0 Å². The van der Waals surface area contributed by atoms with E-state index in [2.05, 4.69) is 40.6 Å². The first kappa shape index (κ1) is 21.8. The molecule has 2 aliphatic heterocycles. The van der Waals surface area contributed by atoms with Gasteiger partial charge in [-0.3, -0.25) is 14.5 Å². The molecular formula is C24H27ClN8. The van der Waals surface area contributed by atoms with E-state index in [9.17, 15) is 5.26 Å². The number of hydrogen-bond donors (Lipinski definition) is 0. The number of piperidine rings is 1. The lowest BCUT2D eigenvalue weighted by atomic mass is 9.95. The Labute approximate surface area is 198 Å². The Morgan fingerprint density at radius 3 is 2.64 bits per heavy atom. The summed E-state index contributed by atoms with van der Waals surface area (Å²) in [6.07, 6.45) is 5.54. The number of aryl methyl sites for hydroxylation is 1. The van der Waals surface area contributed by atoms with Crippen molar-refractivity contribution in [1.82, 2.24) is 29.6 Å². The fourth-order valence-electron chi connectivity index (χ4n) is 4.73. The standard InChI is InChI=1S/C24H27ClN8/c1-16-11-27-12-21(28-16)31-8-6-17(7-9-31)23-30-29-22-14-32(24(2,3)15-26)13-18-10-19(25)4-5-20(18)33(22)23/h4-5,10-12,17H,6-9,13-14H2,1-3H3. The number of nitrogens with zero attached hydrogens (tertiary/aromatic N) is 8. The van der Waals surface area contributed by atoms with Crippen LogP contribution < -0.4 is 4.90 Å². The summed E-state index contributed by atoms with van der Waals surface area (Å²) >= 11 is 6.36. The molecule has 0 aliphatic carbocycles. The monoisotopic (exact) mass is 462 g/mol. The average Bonchev–Trinajstić information content (AvgIpc) is 3.14. The van der Waals surface area contributed by atoms with Crippen molar-refractivity contribution in [3.8, 4) is 11.8 Å². The minimum atomic E-state index is -0.638. The highest BCUT2D eigenvalue weighted by atomic mass is 35.5. The van der Waals surface area contributed by atoms with Gasteiger partial charge in [-0.25, -0.2) is 4.98 Å². The molecule has 0 bridgehead atoms. The third-order valence-electron chi connectivity index (χ3n) is 6.72. The number of rotatable bonds is 3. The fourth-order valence-corrected chi connectivity index (χ4v) is 4.92. The predicted octanol–water partition coefficient (Wildman–Crippen LogP) is 4.02. The molecule has 0 spiro atoms. The zero-order valence-corrected chi connectivity index (χ0v) is 19.9. The number of halogens is 1. The van der Waals surface area contributed by atoms with E-state index in [-0.39, 0.29) is 0 Å². The van der Waals surface area contributed by atoms with Crippen LogP contribution in [0.15, 0.2) is 30.6 Å². The van der Waals surface area contributed by atoms with Crippen molar-refractivity contribution < 1.29 is 0 Å². The molecule has 33 heavy (non-hydrogen) atoms. The predicted molar refractivity (Wildman–Crippen MR) is 126 cm³/mol. The van der Waals surface area contributed by atoms with Crippen LogP contribution in [0.3, 0.4) is 0 Å². The number of aromatic nitrogens is 5. The summed E-state index contributed by atoms with van der Waals surface area (Å²) in [6.45, 7) is 8.82. The van der Waals surface area contributed by atoms with Gasteiger partial charge in [0.05, 0.1) is 30.2 Å². The topological polar surface area (TPSA) is 86.8 Å². The van der Waals surface area contributed by atoms with E-state index >= 15 is 0 Å². The molecule has 5 rings (SSSR count). The molecule has 1 aromatic carbocycles. The van der Waals surface area contributed by atoms with Crippen molar-refractivity contribution >= 4 is 17.4 Å². The van der Waals surface area contributed by atoms with E-state index in [0.717, 1.165) is 60.3 Å². The molecule has 0 unspecified atom stereocenters. The summed E-state index contributed by atoms with van der Waals surface area (Å²) in [7, 11) is 0. The molecule has 0 saturated carbocycles. The summed E-state index contributed by atoms with van der Waals surface area (Å²) < 4.78 is 2.20. The summed E-state index contributed by atoms with van der Waals surface area (Å²) in [4.78, 5) is 13.4. The van der Waals surface area contributed by atoms with Crippen LogP contribution in [0.5, 0.6) is 0 Å². The van der Waals surface area contributed by atoms with Crippen LogP contribution in [-0.4, -0.2) is 48.3 Å². The smallest absolute Gasteiger partial charge is 0.151 e. The molecule has 0 N–H and O–H groups in total. The van der Waals surface area contributed by atoms with Crippen molar-refractivity contribution in [1.29, 1.82) is 5.26 Å². The first-order valence-corrected chi connectivity index (χ1v) is 11.7. The van der Waals surface area contributed by atoms with Crippen LogP contribution in [0.1, 0.15) is 55.5 Å². The summed E-state index contributed by atoms with van der Waals surface area (Å²) in [5.41, 5.74) is 2.43. The van der Waals surface area contributed by atoms with Gasteiger partial charge < -0.3 is 4.90 Å². The van der Waals surface area contributed by atoms with E-state index in [1.54, 1.807) is 6.20 Å². The average molecular weight is 463 g/mol.